The van der Waals surface area contributed by atoms with E-state index in [4.69, 9.17) is 4.74 Å². The molecule has 0 fully saturated rings. The zero-order valence-corrected chi connectivity index (χ0v) is 15.5. The van der Waals surface area contributed by atoms with Crippen molar-refractivity contribution < 1.29 is 13.5 Å². The lowest BCUT2D eigenvalue weighted by molar-refractivity contribution is 0.300. The van der Waals surface area contributed by atoms with Gasteiger partial charge in [-0.15, -0.1) is 9.40 Å². The molecule has 0 saturated heterocycles. The summed E-state index contributed by atoms with van der Waals surface area (Å²) in [5.41, 5.74) is 0.312. The Labute approximate surface area is 157 Å². The normalized spacial score (nSPS) is 16.5. The van der Waals surface area contributed by atoms with Gasteiger partial charge in [-0.1, -0.05) is 22.4 Å². The molecule has 0 saturated carbocycles. The molecule has 8 nitrogen and oxygen atoms in total. The van der Waals surface area contributed by atoms with E-state index in [1.165, 1.54) is 13.6 Å². The Morgan fingerprint density at radius 2 is 1.78 bits per heavy atom. The molecule has 0 aliphatic carbocycles. The minimum absolute atomic E-state index is 0.0512. The van der Waals surface area contributed by atoms with Crippen molar-refractivity contribution in [2.45, 2.75) is 18.0 Å². The summed E-state index contributed by atoms with van der Waals surface area (Å²) in [6.45, 7) is 0.532. The fourth-order valence-electron chi connectivity index (χ4n) is 3.07. The Hall–Kier alpha value is -2.75. The van der Waals surface area contributed by atoms with E-state index < -0.39 is 10.4 Å². The van der Waals surface area contributed by atoms with Crippen LogP contribution in [0.2, 0.25) is 0 Å². The predicted octanol–water partition coefficient (Wildman–Crippen LogP) is 1.46. The summed E-state index contributed by atoms with van der Waals surface area (Å²) in [6.07, 6.45) is 0. The van der Waals surface area contributed by atoms with Crippen molar-refractivity contribution in [3.63, 3.8) is 0 Å². The van der Waals surface area contributed by atoms with E-state index in [1.807, 2.05) is 0 Å². The number of nitrogens with zero attached hydrogens (tertiary/aromatic N) is 4. The Bertz CT molecular complexity index is 1060. The minimum atomic E-state index is -3.63. The molecule has 0 N–H and O–H groups in total. The number of rotatable bonds is 4. The van der Waals surface area contributed by atoms with Crippen LogP contribution in [0.15, 0.2) is 64.3 Å². The summed E-state index contributed by atoms with van der Waals surface area (Å²) in [5, 5.41) is 4.35. The SMILES string of the molecule is COc1ccc(-n2nc3n(c2=O)CCN([S+](=O)([O-])c2ccccc2)C3)cc1. The van der Waals surface area contributed by atoms with Crippen LogP contribution in [0.25, 0.3) is 5.69 Å². The van der Waals surface area contributed by atoms with Gasteiger partial charge in [-0.05, 0) is 36.4 Å². The zero-order valence-electron chi connectivity index (χ0n) is 14.6. The van der Waals surface area contributed by atoms with Crippen molar-refractivity contribution in [2.24, 2.45) is 0 Å². The maximum atomic E-state index is 12.8. The molecule has 1 aromatic heterocycles. The van der Waals surface area contributed by atoms with Crippen LogP contribution in [0.1, 0.15) is 5.82 Å². The van der Waals surface area contributed by atoms with E-state index in [0.29, 0.717) is 17.3 Å². The fourth-order valence-corrected chi connectivity index (χ4v) is 4.47. The van der Waals surface area contributed by atoms with Gasteiger partial charge in [0.25, 0.3) is 0 Å². The summed E-state index contributed by atoms with van der Waals surface area (Å²) in [6, 6.07) is 15.2. The zero-order chi connectivity index (χ0) is 19.0. The molecule has 27 heavy (non-hydrogen) atoms. The highest BCUT2D eigenvalue weighted by Crippen LogP contribution is 2.24. The third-order valence-corrected chi connectivity index (χ3v) is 6.39. The van der Waals surface area contributed by atoms with Crippen LogP contribution in [0.3, 0.4) is 0 Å². The molecular formula is C18H18N4O4S. The average Bonchev–Trinajstić information content (AvgIpc) is 3.05. The Balaban J connectivity index is 1.66. The van der Waals surface area contributed by atoms with Crippen LogP contribution in [0.5, 0.6) is 5.75 Å². The van der Waals surface area contributed by atoms with Crippen LogP contribution >= 0.6 is 0 Å². The molecule has 2 aromatic carbocycles. The number of methoxy groups -OCH3 is 1. The number of fused-ring (bicyclic) bond motifs is 1. The topological polar surface area (TPSA) is 92.4 Å². The van der Waals surface area contributed by atoms with Crippen molar-refractivity contribution in [3.8, 4) is 11.4 Å². The van der Waals surface area contributed by atoms with Gasteiger partial charge in [0.2, 0.25) is 0 Å². The monoisotopic (exact) mass is 386 g/mol. The highest BCUT2D eigenvalue weighted by Gasteiger charge is 2.35. The molecule has 1 aliphatic rings. The van der Waals surface area contributed by atoms with Crippen LogP contribution in [-0.2, 0) is 27.7 Å². The Morgan fingerprint density at radius 1 is 1.07 bits per heavy atom. The highest BCUT2D eigenvalue weighted by molar-refractivity contribution is 7.95. The van der Waals surface area contributed by atoms with Gasteiger partial charge in [-0.2, -0.15) is 4.68 Å². The number of hydrogen-bond donors (Lipinski definition) is 0. The lowest BCUT2D eigenvalue weighted by atomic mass is 10.3. The Morgan fingerprint density at radius 3 is 2.44 bits per heavy atom. The van der Waals surface area contributed by atoms with Gasteiger partial charge in [-0.3, -0.25) is 4.57 Å². The highest BCUT2D eigenvalue weighted by atomic mass is 32.3. The maximum Gasteiger partial charge on any atom is 0.350 e. The van der Waals surface area contributed by atoms with Crippen molar-refractivity contribution in [2.75, 3.05) is 13.7 Å². The van der Waals surface area contributed by atoms with Gasteiger partial charge >= 0.3 is 5.69 Å². The summed E-state index contributed by atoms with van der Waals surface area (Å²) in [4.78, 5) is 12.9. The largest absolute Gasteiger partial charge is 0.593 e. The standard InChI is InChI=1S/C18H18N4O4S/c1-26-15-9-7-14(8-10-15)22-18(23)21-12-11-20(13-17(21)19-22)27(24,25)16-5-3-2-4-6-16/h2-10H,11-13H2,1H3. The van der Waals surface area contributed by atoms with E-state index in [2.05, 4.69) is 5.10 Å². The second-order valence-corrected chi connectivity index (χ2v) is 8.05. The van der Waals surface area contributed by atoms with E-state index in [9.17, 15) is 13.6 Å². The van der Waals surface area contributed by atoms with Crippen molar-refractivity contribution in [3.05, 3.63) is 70.9 Å². The number of sulfonamides is 1. The molecule has 3 aromatic rings. The van der Waals surface area contributed by atoms with Gasteiger partial charge in [0.1, 0.15) is 12.3 Å². The first-order valence-corrected chi connectivity index (χ1v) is 9.83. The molecule has 0 bridgehead atoms. The van der Waals surface area contributed by atoms with E-state index in [-0.39, 0.29) is 30.2 Å². The molecule has 1 atom stereocenters. The molecule has 1 aliphatic heterocycles. The molecule has 140 valence electrons. The molecule has 0 radical (unpaired) electrons. The maximum absolute atomic E-state index is 12.8. The number of hydrogen-bond acceptors (Lipinski definition) is 5. The molecular weight excluding hydrogens is 368 g/mol. The molecule has 1 unspecified atom stereocenters. The number of benzene rings is 2. The minimum Gasteiger partial charge on any atom is -0.593 e. The van der Waals surface area contributed by atoms with E-state index in [1.54, 1.807) is 61.7 Å². The van der Waals surface area contributed by atoms with Crippen molar-refractivity contribution >= 4 is 10.4 Å². The third kappa shape index (κ3) is 3.09. The van der Waals surface area contributed by atoms with Gasteiger partial charge in [0.05, 0.1) is 19.3 Å². The fraction of sp³-hybridized carbons (Fsp3) is 0.222. The molecule has 0 amide bonds. The average molecular weight is 386 g/mol. The lowest BCUT2D eigenvalue weighted by Gasteiger charge is -2.29. The third-order valence-electron chi connectivity index (χ3n) is 4.53. The molecule has 2 heterocycles. The number of ether oxygens (including phenoxy) is 1. The van der Waals surface area contributed by atoms with Gasteiger partial charge < -0.3 is 9.29 Å². The van der Waals surface area contributed by atoms with Gasteiger partial charge in [-0.25, -0.2) is 4.79 Å². The summed E-state index contributed by atoms with van der Waals surface area (Å²) < 4.78 is 34.9. The second kappa shape index (κ2) is 6.76. The first-order chi connectivity index (χ1) is 13.0. The smallest absolute Gasteiger partial charge is 0.350 e. The van der Waals surface area contributed by atoms with Gasteiger partial charge in [0.15, 0.2) is 21.1 Å². The summed E-state index contributed by atoms with van der Waals surface area (Å²) in [5.74, 6) is 1.09. The second-order valence-electron chi connectivity index (χ2n) is 6.11. The van der Waals surface area contributed by atoms with Crippen LogP contribution in [-0.4, -0.2) is 36.9 Å². The van der Waals surface area contributed by atoms with Crippen LogP contribution in [0.4, 0.5) is 0 Å². The Kier molecular flexibility index (Phi) is 4.42. The first kappa shape index (κ1) is 17.7. The van der Waals surface area contributed by atoms with E-state index >= 15 is 0 Å². The summed E-state index contributed by atoms with van der Waals surface area (Å²) in [7, 11) is -2.06. The molecule has 9 heteroatoms. The quantitative estimate of drug-likeness (QED) is 0.633. The molecule has 0 spiro atoms. The van der Waals surface area contributed by atoms with Gasteiger partial charge in [0, 0.05) is 6.54 Å². The van der Waals surface area contributed by atoms with Crippen molar-refractivity contribution in [1.82, 2.24) is 18.7 Å². The van der Waals surface area contributed by atoms with E-state index in [0.717, 1.165) is 0 Å². The lowest BCUT2D eigenvalue weighted by Crippen LogP contribution is -2.43. The predicted molar refractivity (Wildman–Crippen MR) is 98.3 cm³/mol. The first-order valence-electron chi connectivity index (χ1n) is 8.39. The molecule has 4 rings (SSSR count). The summed E-state index contributed by atoms with van der Waals surface area (Å²) >= 11 is 0. The van der Waals surface area contributed by atoms with Crippen LogP contribution in [0, 0.1) is 0 Å². The number of aromatic nitrogens is 3. The van der Waals surface area contributed by atoms with Crippen LogP contribution < -0.4 is 10.4 Å². The van der Waals surface area contributed by atoms with Crippen molar-refractivity contribution in [1.29, 1.82) is 0 Å².